The summed E-state index contributed by atoms with van der Waals surface area (Å²) >= 11 is 1.46. The fraction of sp³-hybridized carbons (Fsp3) is 0.426. The molecule has 6 heterocycles. The molecule has 1 unspecified atom stereocenters. The van der Waals surface area contributed by atoms with Crippen molar-refractivity contribution in [1.29, 1.82) is 0 Å². The summed E-state index contributed by atoms with van der Waals surface area (Å²) in [5.74, 6) is 0.273. The number of aromatic nitrogens is 4. The summed E-state index contributed by atoms with van der Waals surface area (Å²) in [5.41, 5.74) is 10.4. The van der Waals surface area contributed by atoms with Crippen molar-refractivity contribution < 1.29 is 23.9 Å². The highest BCUT2D eigenvalue weighted by Crippen LogP contribution is 2.42. The number of thiazole rings is 1. The number of anilines is 3. The van der Waals surface area contributed by atoms with Crippen molar-refractivity contribution >= 4 is 72.8 Å². The Morgan fingerprint density at radius 3 is 2.38 bits per heavy atom. The average molecular weight is 1040 g/mol. The Bertz CT molecular complexity index is 3330. The number of piperazine rings is 1. The molecule has 11 rings (SSSR count). The number of imide groups is 1. The molecule has 14 nitrogen and oxygen atoms in total. The van der Waals surface area contributed by atoms with E-state index in [1.54, 1.807) is 0 Å². The first-order valence-electron chi connectivity index (χ1n) is 27.3. The standard InChI is InChI=1S/C61H69N9O5S/c1-37(68-32-34-69(35-33-68)50-18-11-16-46-54(66-67(6)56(46)50)47-27-29-53(71)64-58(47)73)20-21-39-22-24-41(25-23-39)42-13-10-14-43(38(42)2)44-26-28-52(63-55(44)59(74)75-61(3,4)5)70-31-30-40-12-9-15-45(48(40)36-70)57(72)65-60-62-49-17-7-8-19-51(49)76-60/h7-19,26,28,37,39,41,47H,20-25,27,29-36H2,1-6H3,(H,62,65,72)(H,64,71,73)/t37-,39?,41?,47?/m1/s1. The quantitative estimate of drug-likeness (QED) is 0.0887. The number of carbonyl (C=O) groups excluding carboxylic acids is 4. The number of nitrogens with zero attached hydrogens (tertiary/aromatic N) is 7. The van der Waals surface area contributed by atoms with Crippen molar-refractivity contribution in [2.45, 2.75) is 122 Å². The SMILES string of the molecule is Cc1c(-c2ccc(N3CCc4cccc(C(=O)Nc5nc6ccccc6s5)c4C3)nc2C(=O)OC(C)(C)C)cccc1C1CCC(CC[C@@H](C)N2CCN(c3cccc4c(C5CCC(=O)NC5=O)nn(C)c34)CC2)CC1. The van der Waals surface area contributed by atoms with Gasteiger partial charge < -0.3 is 14.5 Å². The molecular formula is C61H69N9O5S. The number of benzene rings is 4. The van der Waals surface area contributed by atoms with Crippen LogP contribution in [0.4, 0.5) is 16.6 Å². The van der Waals surface area contributed by atoms with Crippen molar-refractivity contribution in [2.75, 3.05) is 47.8 Å². The van der Waals surface area contributed by atoms with Crippen LogP contribution in [0.15, 0.2) is 91.0 Å². The van der Waals surface area contributed by atoms with Crippen LogP contribution in [0.1, 0.15) is 140 Å². The van der Waals surface area contributed by atoms with Crippen molar-refractivity contribution in [3.8, 4) is 11.1 Å². The molecule has 7 aromatic rings. The fourth-order valence-corrected chi connectivity index (χ4v) is 13.3. The number of amides is 3. The third-order valence-electron chi connectivity index (χ3n) is 16.5. The number of hydrogen-bond donors (Lipinski definition) is 2. The first kappa shape index (κ1) is 51.2. The number of hydrogen-bond acceptors (Lipinski definition) is 12. The summed E-state index contributed by atoms with van der Waals surface area (Å²) in [5, 5.41) is 11.9. The molecule has 1 aliphatic carbocycles. The molecular weight excluding hydrogens is 971 g/mol. The minimum absolute atomic E-state index is 0.195. The van der Waals surface area contributed by atoms with Crippen LogP contribution in [-0.2, 0) is 34.3 Å². The highest BCUT2D eigenvalue weighted by molar-refractivity contribution is 7.22. The van der Waals surface area contributed by atoms with E-state index in [0.717, 1.165) is 100 Å². The molecule has 394 valence electrons. The van der Waals surface area contributed by atoms with E-state index in [-0.39, 0.29) is 17.7 Å². The Balaban J connectivity index is 0.727. The van der Waals surface area contributed by atoms with Gasteiger partial charge in [0.2, 0.25) is 11.8 Å². The van der Waals surface area contributed by atoms with Crippen LogP contribution in [0.5, 0.6) is 0 Å². The highest BCUT2D eigenvalue weighted by Gasteiger charge is 2.34. The van der Waals surface area contributed by atoms with Crippen molar-refractivity contribution in [1.82, 2.24) is 30.0 Å². The van der Waals surface area contributed by atoms with Gasteiger partial charge in [-0.05, 0) is 162 Å². The van der Waals surface area contributed by atoms with Crippen LogP contribution >= 0.6 is 11.3 Å². The van der Waals surface area contributed by atoms with Gasteiger partial charge in [0.25, 0.3) is 5.91 Å². The third-order valence-corrected chi connectivity index (χ3v) is 17.4. The van der Waals surface area contributed by atoms with E-state index in [9.17, 15) is 19.2 Å². The number of rotatable bonds is 12. The molecule has 0 spiro atoms. The summed E-state index contributed by atoms with van der Waals surface area (Å²) < 4.78 is 8.98. The van der Waals surface area contributed by atoms with Crippen LogP contribution in [-0.4, -0.2) is 92.7 Å². The van der Waals surface area contributed by atoms with Crippen LogP contribution in [0, 0.1) is 12.8 Å². The predicted molar refractivity (Wildman–Crippen MR) is 301 cm³/mol. The van der Waals surface area contributed by atoms with E-state index in [0.29, 0.717) is 66.0 Å². The first-order chi connectivity index (χ1) is 36.7. The van der Waals surface area contributed by atoms with Crippen molar-refractivity contribution in [3.05, 3.63) is 130 Å². The number of carbonyl (C=O) groups is 4. The maximum absolute atomic E-state index is 14.2. The normalized spacial score (nSPS) is 19.9. The van der Waals surface area contributed by atoms with E-state index < -0.39 is 17.5 Å². The molecule has 3 amide bonds. The first-order valence-corrected chi connectivity index (χ1v) is 28.1. The maximum Gasteiger partial charge on any atom is 0.358 e. The molecule has 0 radical (unpaired) electrons. The molecule has 3 aromatic heterocycles. The number of nitrogens with one attached hydrogen (secondary N) is 2. The third kappa shape index (κ3) is 10.5. The summed E-state index contributed by atoms with van der Waals surface area (Å²) in [6, 6.07) is 31.1. The molecule has 0 bridgehead atoms. The molecule has 15 heteroatoms. The van der Waals surface area contributed by atoms with Crippen LogP contribution in [0.3, 0.4) is 0 Å². The predicted octanol–water partition coefficient (Wildman–Crippen LogP) is 11.1. The molecule has 1 saturated carbocycles. The number of esters is 1. The Kier molecular flexibility index (Phi) is 14.3. The zero-order valence-electron chi connectivity index (χ0n) is 44.7. The monoisotopic (exact) mass is 1040 g/mol. The number of pyridine rings is 1. The van der Waals surface area contributed by atoms with Crippen LogP contribution < -0.4 is 20.4 Å². The Morgan fingerprint density at radius 1 is 0.829 bits per heavy atom. The largest absolute Gasteiger partial charge is 0.455 e. The fourth-order valence-electron chi connectivity index (χ4n) is 12.4. The second-order valence-electron chi connectivity index (χ2n) is 22.5. The van der Waals surface area contributed by atoms with Gasteiger partial charge in [0, 0.05) is 75.3 Å². The lowest BCUT2D eigenvalue weighted by molar-refractivity contribution is -0.134. The van der Waals surface area contributed by atoms with Gasteiger partial charge >= 0.3 is 5.97 Å². The van der Waals surface area contributed by atoms with Crippen LogP contribution in [0.2, 0.25) is 0 Å². The molecule has 4 aromatic carbocycles. The van der Waals surface area contributed by atoms with E-state index in [1.807, 2.05) is 81.0 Å². The second kappa shape index (κ2) is 21.2. The number of aryl methyl sites for hydroxylation is 1. The number of ether oxygens (including phenoxy) is 1. The van der Waals surface area contributed by atoms with Gasteiger partial charge in [0.15, 0.2) is 10.8 Å². The second-order valence-corrected chi connectivity index (χ2v) is 23.5. The summed E-state index contributed by atoms with van der Waals surface area (Å²) in [7, 11) is 1.95. The van der Waals surface area contributed by atoms with Gasteiger partial charge in [-0.15, -0.1) is 0 Å². The zero-order valence-corrected chi connectivity index (χ0v) is 45.5. The Morgan fingerprint density at radius 2 is 1.61 bits per heavy atom. The Labute approximate surface area is 449 Å². The lowest BCUT2D eigenvalue weighted by atomic mass is 9.75. The van der Waals surface area contributed by atoms with Crippen LogP contribution in [0.25, 0.3) is 32.2 Å². The lowest BCUT2D eigenvalue weighted by Gasteiger charge is -2.40. The average Bonchev–Trinajstić information content (AvgIpc) is 4.02. The smallest absolute Gasteiger partial charge is 0.358 e. The molecule has 3 fully saturated rings. The maximum atomic E-state index is 14.2. The molecule has 2 atom stereocenters. The molecule has 76 heavy (non-hydrogen) atoms. The van der Waals surface area contributed by atoms with Gasteiger partial charge in [-0.2, -0.15) is 5.10 Å². The number of para-hydroxylation sites is 2. The van der Waals surface area contributed by atoms with Gasteiger partial charge in [-0.1, -0.05) is 65.9 Å². The van der Waals surface area contributed by atoms with Gasteiger partial charge in [-0.25, -0.2) is 14.8 Å². The van der Waals surface area contributed by atoms with E-state index in [4.69, 9.17) is 14.8 Å². The summed E-state index contributed by atoms with van der Waals surface area (Å²) in [6.45, 7) is 15.2. The van der Waals surface area contributed by atoms with E-state index in [2.05, 4.69) is 86.6 Å². The van der Waals surface area contributed by atoms with Gasteiger partial charge in [0.1, 0.15) is 11.4 Å². The highest BCUT2D eigenvalue weighted by atomic mass is 32.1. The Hall–Kier alpha value is -6.97. The molecule has 4 aliphatic rings. The minimum Gasteiger partial charge on any atom is -0.455 e. The van der Waals surface area contributed by atoms with Gasteiger partial charge in [-0.3, -0.25) is 34.6 Å². The summed E-state index contributed by atoms with van der Waals surface area (Å²) in [6.07, 6.45) is 8.63. The minimum atomic E-state index is -0.714. The number of fused-ring (bicyclic) bond motifs is 3. The molecule has 3 aliphatic heterocycles. The molecule has 2 N–H and O–H groups in total. The lowest BCUT2D eigenvalue weighted by Crippen LogP contribution is -2.49. The van der Waals surface area contributed by atoms with Crippen molar-refractivity contribution in [3.63, 3.8) is 0 Å². The van der Waals surface area contributed by atoms with Crippen molar-refractivity contribution in [2.24, 2.45) is 13.0 Å². The van der Waals surface area contributed by atoms with Gasteiger partial charge in [0.05, 0.1) is 33.0 Å². The van der Waals surface area contributed by atoms with E-state index >= 15 is 0 Å². The van der Waals surface area contributed by atoms with E-state index in [1.165, 1.54) is 48.1 Å². The zero-order chi connectivity index (χ0) is 52.8. The topological polar surface area (TPSA) is 155 Å². The summed E-state index contributed by atoms with van der Waals surface area (Å²) in [4.78, 5) is 69.8. The number of piperidine rings is 1. The molecule has 2 saturated heterocycles.